The molecule has 0 fully saturated rings. The quantitative estimate of drug-likeness (QED) is 0.508. The number of aromatic amines is 1. The molecule has 25 heavy (non-hydrogen) atoms. The molecule has 0 aliphatic heterocycles. The van der Waals surface area contributed by atoms with Crippen LogP contribution in [0, 0.1) is 3.95 Å². The zero-order valence-corrected chi connectivity index (χ0v) is 15.2. The van der Waals surface area contributed by atoms with Crippen molar-refractivity contribution in [1.29, 1.82) is 0 Å². The van der Waals surface area contributed by atoms with Gasteiger partial charge in [-0.15, -0.1) is 0 Å². The predicted octanol–water partition coefficient (Wildman–Crippen LogP) is 4.79. The first kappa shape index (κ1) is 15.9. The summed E-state index contributed by atoms with van der Waals surface area (Å²) in [6.07, 6.45) is 0. The van der Waals surface area contributed by atoms with Crippen LogP contribution in [-0.2, 0) is 0 Å². The van der Waals surface area contributed by atoms with Gasteiger partial charge >= 0.3 is 0 Å². The van der Waals surface area contributed by atoms with Crippen LogP contribution in [0.15, 0.2) is 48.5 Å². The third kappa shape index (κ3) is 2.71. The van der Waals surface area contributed by atoms with Crippen LogP contribution in [0.1, 0.15) is 6.92 Å². The van der Waals surface area contributed by atoms with Gasteiger partial charge in [0.1, 0.15) is 16.4 Å². The maximum absolute atomic E-state index is 6.45. The van der Waals surface area contributed by atoms with Gasteiger partial charge in [0.05, 0.1) is 23.3 Å². The van der Waals surface area contributed by atoms with Crippen molar-refractivity contribution in [2.75, 3.05) is 12.3 Å². The van der Waals surface area contributed by atoms with Crippen molar-refractivity contribution in [2.45, 2.75) is 6.92 Å². The molecule has 7 heteroatoms. The van der Waals surface area contributed by atoms with Crippen molar-refractivity contribution < 1.29 is 4.74 Å². The van der Waals surface area contributed by atoms with Crippen molar-refractivity contribution in [1.82, 2.24) is 14.5 Å². The van der Waals surface area contributed by atoms with E-state index in [9.17, 15) is 0 Å². The predicted molar refractivity (Wildman–Crippen MR) is 105 cm³/mol. The van der Waals surface area contributed by atoms with Gasteiger partial charge in [-0.2, -0.15) is 0 Å². The number of rotatable bonds is 4. The standard InChI is InChI=1S/C18H16N4OS2/c1-2-23-14-10-6-5-9-13(14)22-16(19)15(25-18(22)24)17-20-11-7-3-4-8-12(11)21-17/h3-10H,2,19H2,1H3,(H,20,21). The number of anilines is 1. The van der Waals surface area contributed by atoms with Crippen molar-refractivity contribution in [3.05, 3.63) is 52.5 Å². The lowest BCUT2D eigenvalue weighted by Gasteiger charge is -2.12. The van der Waals surface area contributed by atoms with Crippen LogP contribution in [0.4, 0.5) is 5.82 Å². The molecule has 0 spiro atoms. The Bertz CT molecular complexity index is 1080. The number of ether oxygens (including phenoxy) is 1. The number of nitrogens with one attached hydrogen (secondary N) is 1. The maximum atomic E-state index is 6.45. The van der Waals surface area contributed by atoms with Gasteiger partial charge in [0.2, 0.25) is 0 Å². The number of fused-ring (bicyclic) bond motifs is 1. The fraction of sp³-hybridized carbons (Fsp3) is 0.111. The fourth-order valence-corrected chi connectivity index (χ4v) is 4.06. The number of aromatic nitrogens is 3. The minimum atomic E-state index is 0.557. The van der Waals surface area contributed by atoms with E-state index in [1.54, 1.807) is 0 Å². The molecular formula is C18H16N4OS2. The number of nitrogens with zero attached hydrogens (tertiary/aromatic N) is 2. The Balaban J connectivity index is 1.89. The van der Waals surface area contributed by atoms with Crippen LogP contribution < -0.4 is 10.5 Å². The molecule has 0 saturated heterocycles. The summed E-state index contributed by atoms with van der Waals surface area (Å²) < 4.78 is 8.22. The minimum Gasteiger partial charge on any atom is -0.492 e. The monoisotopic (exact) mass is 368 g/mol. The highest BCUT2D eigenvalue weighted by atomic mass is 32.1. The Morgan fingerprint density at radius 3 is 2.76 bits per heavy atom. The topological polar surface area (TPSA) is 68.9 Å². The SMILES string of the molecule is CCOc1ccccc1-n1c(N)c(-c2nc3ccccc3[nH]2)sc1=S. The van der Waals surface area contributed by atoms with Crippen LogP contribution in [0.3, 0.4) is 0 Å². The van der Waals surface area contributed by atoms with E-state index in [1.807, 2.05) is 60.0 Å². The van der Waals surface area contributed by atoms with Gasteiger partial charge in [-0.3, -0.25) is 4.57 Å². The average molecular weight is 368 g/mol. The first-order valence-corrected chi connectivity index (χ1v) is 9.10. The summed E-state index contributed by atoms with van der Waals surface area (Å²) in [7, 11) is 0. The number of hydrogen-bond donors (Lipinski definition) is 2. The Morgan fingerprint density at radius 1 is 1.20 bits per heavy atom. The average Bonchev–Trinajstić information content (AvgIpc) is 3.17. The molecule has 0 unspecified atom stereocenters. The molecule has 0 saturated carbocycles. The lowest BCUT2D eigenvalue weighted by molar-refractivity contribution is 0.339. The van der Waals surface area contributed by atoms with Crippen molar-refractivity contribution in [2.24, 2.45) is 0 Å². The summed E-state index contributed by atoms with van der Waals surface area (Å²) in [6.45, 7) is 2.53. The molecule has 4 rings (SSSR count). The minimum absolute atomic E-state index is 0.557. The number of para-hydroxylation sites is 4. The summed E-state index contributed by atoms with van der Waals surface area (Å²) in [6, 6.07) is 15.6. The van der Waals surface area contributed by atoms with Crippen LogP contribution in [0.5, 0.6) is 5.75 Å². The molecule has 3 N–H and O–H groups in total. The highest BCUT2D eigenvalue weighted by molar-refractivity contribution is 7.73. The van der Waals surface area contributed by atoms with Gasteiger partial charge in [-0.1, -0.05) is 35.6 Å². The van der Waals surface area contributed by atoms with Crippen LogP contribution >= 0.6 is 23.6 Å². The Hall–Kier alpha value is -2.64. The van der Waals surface area contributed by atoms with E-state index in [-0.39, 0.29) is 0 Å². The van der Waals surface area contributed by atoms with E-state index in [1.165, 1.54) is 11.3 Å². The van der Waals surface area contributed by atoms with Crippen molar-refractivity contribution in [3.8, 4) is 22.1 Å². The van der Waals surface area contributed by atoms with Gasteiger partial charge < -0.3 is 15.5 Å². The van der Waals surface area contributed by atoms with Crippen LogP contribution in [0.25, 0.3) is 27.4 Å². The molecule has 2 aromatic heterocycles. The molecular weight excluding hydrogens is 352 g/mol. The van der Waals surface area contributed by atoms with Gasteiger partial charge in [-0.05, 0) is 43.4 Å². The Morgan fingerprint density at radius 2 is 1.96 bits per heavy atom. The number of thiazole rings is 1. The molecule has 0 aliphatic carbocycles. The van der Waals surface area contributed by atoms with Gasteiger partial charge in [-0.25, -0.2) is 4.98 Å². The van der Waals surface area contributed by atoms with E-state index in [0.717, 1.165) is 33.2 Å². The Labute approximate surface area is 153 Å². The summed E-state index contributed by atoms with van der Waals surface area (Å²) in [5, 5.41) is 0. The number of imidazole rings is 1. The normalized spacial score (nSPS) is 11.1. The van der Waals surface area contributed by atoms with Crippen molar-refractivity contribution in [3.63, 3.8) is 0 Å². The lowest BCUT2D eigenvalue weighted by atomic mass is 10.3. The van der Waals surface area contributed by atoms with E-state index >= 15 is 0 Å². The van der Waals surface area contributed by atoms with E-state index < -0.39 is 0 Å². The summed E-state index contributed by atoms with van der Waals surface area (Å²) in [4.78, 5) is 8.77. The van der Waals surface area contributed by atoms with E-state index in [2.05, 4.69) is 9.97 Å². The molecule has 2 heterocycles. The first-order valence-electron chi connectivity index (χ1n) is 7.87. The second-order valence-corrected chi connectivity index (χ2v) is 7.07. The van der Waals surface area contributed by atoms with Gasteiger partial charge in [0.15, 0.2) is 9.78 Å². The third-order valence-electron chi connectivity index (χ3n) is 3.86. The molecule has 0 aliphatic rings. The number of nitrogen functional groups attached to an aromatic ring is 1. The smallest absolute Gasteiger partial charge is 0.168 e. The summed E-state index contributed by atoms with van der Waals surface area (Å²) >= 11 is 7.01. The van der Waals surface area contributed by atoms with E-state index in [4.69, 9.17) is 22.7 Å². The molecule has 5 nitrogen and oxygen atoms in total. The third-order valence-corrected chi connectivity index (χ3v) is 5.25. The molecule has 0 bridgehead atoms. The number of benzene rings is 2. The zero-order valence-electron chi connectivity index (χ0n) is 13.5. The Kier molecular flexibility index (Phi) is 4.03. The second-order valence-electron chi connectivity index (χ2n) is 5.42. The summed E-state index contributed by atoms with van der Waals surface area (Å²) in [5.41, 5.74) is 9.15. The highest BCUT2D eigenvalue weighted by Gasteiger charge is 2.18. The maximum Gasteiger partial charge on any atom is 0.168 e. The molecule has 0 radical (unpaired) electrons. The van der Waals surface area contributed by atoms with Crippen LogP contribution in [-0.4, -0.2) is 21.1 Å². The van der Waals surface area contributed by atoms with E-state index in [0.29, 0.717) is 16.4 Å². The molecule has 4 aromatic rings. The van der Waals surface area contributed by atoms with Gasteiger partial charge in [0, 0.05) is 0 Å². The second kappa shape index (κ2) is 6.34. The number of H-pyrrole nitrogens is 1. The molecule has 2 aromatic carbocycles. The first-order chi connectivity index (χ1) is 12.2. The van der Waals surface area contributed by atoms with Crippen LogP contribution in [0.2, 0.25) is 0 Å². The zero-order chi connectivity index (χ0) is 17.4. The molecule has 0 atom stereocenters. The fourth-order valence-electron chi connectivity index (χ4n) is 2.76. The molecule has 126 valence electrons. The molecule has 0 amide bonds. The summed E-state index contributed by atoms with van der Waals surface area (Å²) in [5.74, 6) is 2.03. The number of nitrogens with two attached hydrogens (primary N) is 1. The highest BCUT2D eigenvalue weighted by Crippen LogP contribution is 2.36. The number of hydrogen-bond acceptors (Lipinski definition) is 5. The largest absolute Gasteiger partial charge is 0.492 e. The lowest BCUT2D eigenvalue weighted by Crippen LogP contribution is -2.04. The van der Waals surface area contributed by atoms with Crippen molar-refractivity contribution >= 4 is 40.4 Å². The van der Waals surface area contributed by atoms with Gasteiger partial charge in [0.25, 0.3) is 0 Å².